The number of hydrogen-bond acceptors (Lipinski definition) is 4. The number of ether oxygens (including phenoxy) is 1. The fourth-order valence-corrected chi connectivity index (χ4v) is 2.08. The smallest absolute Gasteiger partial charge is 0.325 e. The minimum absolute atomic E-state index is 0.158. The van der Waals surface area contributed by atoms with E-state index in [0.717, 1.165) is 38.9 Å². The van der Waals surface area contributed by atoms with Gasteiger partial charge in [0.2, 0.25) is 0 Å². The average Bonchev–Trinajstić information content (AvgIpc) is 2.35. The molecule has 0 heterocycles. The molecule has 0 aromatic carbocycles. The highest BCUT2D eigenvalue weighted by Gasteiger charge is 2.32. The maximum absolute atomic E-state index is 11.8. The van der Waals surface area contributed by atoms with Gasteiger partial charge in [-0.2, -0.15) is 0 Å². The number of carbonyl (C=O) groups is 1. The SMILES string of the molecule is CCCNC(C)(CCCN(C)CCC)C(=O)OC. The summed E-state index contributed by atoms with van der Waals surface area (Å²) in [6.45, 7) is 9.19. The van der Waals surface area contributed by atoms with Gasteiger partial charge in [-0.15, -0.1) is 0 Å². The molecule has 0 aromatic heterocycles. The van der Waals surface area contributed by atoms with Crippen LogP contribution in [0.2, 0.25) is 0 Å². The summed E-state index contributed by atoms with van der Waals surface area (Å²) in [7, 11) is 3.58. The zero-order valence-electron chi connectivity index (χ0n) is 12.7. The highest BCUT2D eigenvalue weighted by molar-refractivity contribution is 5.80. The molecule has 4 nitrogen and oxygen atoms in total. The summed E-state index contributed by atoms with van der Waals surface area (Å²) in [4.78, 5) is 14.1. The molecule has 0 rings (SSSR count). The average molecular weight is 258 g/mol. The lowest BCUT2D eigenvalue weighted by atomic mass is 9.95. The Labute approximate surface area is 112 Å². The molecule has 1 N–H and O–H groups in total. The summed E-state index contributed by atoms with van der Waals surface area (Å²) < 4.78 is 4.90. The van der Waals surface area contributed by atoms with Gasteiger partial charge in [0.25, 0.3) is 0 Å². The van der Waals surface area contributed by atoms with Gasteiger partial charge in [-0.1, -0.05) is 13.8 Å². The molecule has 0 aliphatic heterocycles. The number of nitrogens with one attached hydrogen (secondary N) is 1. The van der Waals surface area contributed by atoms with Crippen LogP contribution in [0.5, 0.6) is 0 Å². The summed E-state index contributed by atoms with van der Waals surface area (Å²) in [5.74, 6) is -0.158. The lowest BCUT2D eigenvalue weighted by Crippen LogP contribution is -2.50. The zero-order valence-corrected chi connectivity index (χ0v) is 12.7. The molecule has 0 amide bonds. The lowest BCUT2D eigenvalue weighted by molar-refractivity contribution is -0.148. The molecule has 0 radical (unpaired) electrons. The zero-order chi connectivity index (χ0) is 14.0. The molecule has 0 aliphatic rings. The second-order valence-electron chi connectivity index (χ2n) is 5.16. The molecule has 0 fully saturated rings. The van der Waals surface area contributed by atoms with Crippen LogP contribution in [-0.4, -0.2) is 50.2 Å². The molecule has 4 heteroatoms. The van der Waals surface area contributed by atoms with Crippen LogP contribution in [-0.2, 0) is 9.53 Å². The topological polar surface area (TPSA) is 41.6 Å². The van der Waals surface area contributed by atoms with E-state index in [-0.39, 0.29) is 5.97 Å². The number of methoxy groups -OCH3 is 1. The molecule has 0 bridgehead atoms. The van der Waals surface area contributed by atoms with E-state index in [2.05, 4.69) is 31.1 Å². The third-order valence-corrected chi connectivity index (χ3v) is 3.22. The molecule has 0 aromatic rings. The van der Waals surface area contributed by atoms with Crippen molar-refractivity contribution < 1.29 is 9.53 Å². The molecule has 0 spiro atoms. The summed E-state index contributed by atoms with van der Waals surface area (Å²) >= 11 is 0. The molecule has 1 atom stereocenters. The van der Waals surface area contributed by atoms with Crippen LogP contribution in [0.25, 0.3) is 0 Å². The standard InChI is InChI=1S/C14H30N2O2/c1-6-10-15-14(3,13(17)18-5)9-8-12-16(4)11-7-2/h15H,6-12H2,1-5H3. The van der Waals surface area contributed by atoms with E-state index >= 15 is 0 Å². The Kier molecular flexibility index (Phi) is 9.02. The van der Waals surface area contributed by atoms with Crippen LogP contribution in [0.3, 0.4) is 0 Å². The van der Waals surface area contributed by atoms with Gasteiger partial charge >= 0.3 is 5.97 Å². The second-order valence-corrected chi connectivity index (χ2v) is 5.16. The van der Waals surface area contributed by atoms with Crippen molar-refractivity contribution in [1.82, 2.24) is 10.2 Å². The summed E-state index contributed by atoms with van der Waals surface area (Å²) in [5.41, 5.74) is -0.544. The highest BCUT2D eigenvalue weighted by Crippen LogP contribution is 2.15. The van der Waals surface area contributed by atoms with E-state index in [1.54, 1.807) is 0 Å². The Morgan fingerprint density at radius 2 is 1.94 bits per heavy atom. The Balaban J connectivity index is 4.20. The number of carbonyl (C=O) groups excluding carboxylic acids is 1. The van der Waals surface area contributed by atoms with Gasteiger partial charge in [-0.25, -0.2) is 0 Å². The number of esters is 1. The maximum atomic E-state index is 11.8. The van der Waals surface area contributed by atoms with E-state index in [9.17, 15) is 4.79 Å². The number of rotatable bonds is 10. The molecular weight excluding hydrogens is 228 g/mol. The maximum Gasteiger partial charge on any atom is 0.325 e. The lowest BCUT2D eigenvalue weighted by Gasteiger charge is -2.28. The minimum Gasteiger partial charge on any atom is -0.468 e. The molecule has 108 valence electrons. The van der Waals surface area contributed by atoms with E-state index in [4.69, 9.17) is 4.74 Å². The van der Waals surface area contributed by atoms with Gasteiger partial charge in [0, 0.05) is 0 Å². The highest BCUT2D eigenvalue weighted by atomic mass is 16.5. The van der Waals surface area contributed by atoms with Gasteiger partial charge in [0.15, 0.2) is 0 Å². The third-order valence-electron chi connectivity index (χ3n) is 3.22. The van der Waals surface area contributed by atoms with Crippen LogP contribution in [0.15, 0.2) is 0 Å². The fraction of sp³-hybridized carbons (Fsp3) is 0.929. The van der Waals surface area contributed by atoms with Crippen LogP contribution in [0.1, 0.15) is 46.5 Å². The summed E-state index contributed by atoms with van der Waals surface area (Å²) in [5, 5.41) is 3.31. The summed E-state index contributed by atoms with van der Waals surface area (Å²) in [6, 6.07) is 0. The van der Waals surface area contributed by atoms with Crippen molar-refractivity contribution in [2.24, 2.45) is 0 Å². The van der Waals surface area contributed by atoms with Crippen molar-refractivity contribution in [1.29, 1.82) is 0 Å². The van der Waals surface area contributed by atoms with Crippen molar-refractivity contribution in [3.63, 3.8) is 0 Å². The van der Waals surface area contributed by atoms with Crippen LogP contribution in [0, 0.1) is 0 Å². The van der Waals surface area contributed by atoms with E-state index in [0.29, 0.717) is 0 Å². The normalized spacial score (nSPS) is 14.6. The molecular formula is C14H30N2O2. The molecule has 0 saturated heterocycles. The van der Waals surface area contributed by atoms with Crippen molar-refractivity contribution in [3.05, 3.63) is 0 Å². The molecule has 0 aliphatic carbocycles. The Morgan fingerprint density at radius 3 is 2.44 bits per heavy atom. The van der Waals surface area contributed by atoms with Gasteiger partial charge in [-0.3, -0.25) is 4.79 Å². The first-order chi connectivity index (χ1) is 8.50. The largest absolute Gasteiger partial charge is 0.468 e. The quantitative estimate of drug-likeness (QED) is 0.609. The number of nitrogens with zero attached hydrogens (tertiary/aromatic N) is 1. The predicted molar refractivity (Wildman–Crippen MR) is 75.7 cm³/mol. The van der Waals surface area contributed by atoms with E-state index in [1.165, 1.54) is 13.5 Å². The van der Waals surface area contributed by atoms with Crippen molar-refractivity contribution >= 4 is 5.97 Å². The predicted octanol–water partition coefficient (Wildman–Crippen LogP) is 2.04. The molecule has 1 unspecified atom stereocenters. The Morgan fingerprint density at radius 1 is 1.28 bits per heavy atom. The van der Waals surface area contributed by atoms with Crippen LogP contribution >= 0.6 is 0 Å². The van der Waals surface area contributed by atoms with Gasteiger partial charge < -0.3 is 15.0 Å². The van der Waals surface area contributed by atoms with Gasteiger partial charge in [0.05, 0.1) is 7.11 Å². The Hall–Kier alpha value is -0.610. The van der Waals surface area contributed by atoms with Crippen LogP contribution in [0.4, 0.5) is 0 Å². The third kappa shape index (κ3) is 6.36. The first-order valence-corrected chi connectivity index (χ1v) is 7.02. The number of hydrogen-bond donors (Lipinski definition) is 1. The Bertz CT molecular complexity index is 234. The van der Waals surface area contributed by atoms with Crippen molar-refractivity contribution in [2.45, 2.75) is 52.0 Å². The van der Waals surface area contributed by atoms with E-state index < -0.39 is 5.54 Å². The van der Waals surface area contributed by atoms with Gasteiger partial charge in [-0.05, 0) is 59.3 Å². The first-order valence-electron chi connectivity index (χ1n) is 7.02. The second kappa shape index (κ2) is 9.34. The fourth-order valence-electron chi connectivity index (χ4n) is 2.08. The van der Waals surface area contributed by atoms with Crippen molar-refractivity contribution in [2.75, 3.05) is 33.8 Å². The summed E-state index contributed by atoms with van der Waals surface area (Å²) in [6.07, 6.45) is 3.99. The monoisotopic (exact) mass is 258 g/mol. The van der Waals surface area contributed by atoms with Crippen molar-refractivity contribution in [3.8, 4) is 0 Å². The molecule has 18 heavy (non-hydrogen) atoms. The minimum atomic E-state index is -0.544. The van der Waals surface area contributed by atoms with E-state index in [1.807, 2.05) is 6.92 Å². The first kappa shape index (κ1) is 17.4. The van der Waals surface area contributed by atoms with Crippen LogP contribution < -0.4 is 5.32 Å². The molecule has 0 saturated carbocycles. The van der Waals surface area contributed by atoms with Gasteiger partial charge in [0.1, 0.15) is 5.54 Å².